The van der Waals surface area contributed by atoms with Crippen LogP contribution >= 0.6 is 0 Å². The second-order valence-corrected chi connectivity index (χ2v) is 7.52. The maximum atomic E-state index is 12.4. The van der Waals surface area contributed by atoms with Gasteiger partial charge in [-0.25, -0.2) is 4.79 Å². The van der Waals surface area contributed by atoms with E-state index in [1.807, 2.05) is 35.2 Å². The Bertz CT molecular complexity index is 766. The molecule has 0 radical (unpaired) electrons. The van der Waals surface area contributed by atoms with Gasteiger partial charge in [0.15, 0.2) is 0 Å². The van der Waals surface area contributed by atoms with Gasteiger partial charge in [0.1, 0.15) is 0 Å². The number of hydrogen-bond acceptors (Lipinski definition) is 2. The van der Waals surface area contributed by atoms with Crippen molar-refractivity contribution in [3.63, 3.8) is 0 Å². The van der Waals surface area contributed by atoms with Crippen molar-refractivity contribution < 1.29 is 9.59 Å². The molecule has 1 aliphatic rings. The minimum atomic E-state index is -0.354. The van der Waals surface area contributed by atoms with Gasteiger partial charge in [0.05, 0.1) is 6.54 Å². The third kappa shape index (κ3) is 6.12. The summed E-state index contributed by atoms with van der Waals surface area (Å²) in [5.41, 5.74) is 3.39. The van der Waals surface area contributed by atoms with Gasteiger partial charge in [-0.2, -0.15) is 0 Å². The van der Waals surface area contributed by atoms with E-state index in [9.17, 15) is 9.59 Å². The van der Waals surface area contributed by atoms with Gasteiger partial charge in [-0.05, 0) is 56.2 Å². The van der Waals surface area contributed by atoms with Gasteiger partial charge in [-0.15, -0.1) is 0 Å². The first-order chi connectivity index (χ1) is 13.6. The molecule has 3 amide bonds. The van der Waals surface area contributed by atoms with Crippen molar-refractivity contribution in [3.05, 3.63) is 65.7 Å². The van der Waals surface area contributed by atoms with Crippen molar-refractivity contribution in [2.45, 2.75) is 32.6 Å². The van der Waals surface area contributed by atoms with E-state index in [4.69, 9.17) is 0 Å². The summed E-state index contributed by atoms with van der Waals surface area (Å²) < 4.78 is 0. The fraction of sp³-hybridized carbons (Fsp3) is 0.391. The van der Waals surface area contributed by atoms with Crippen LogP contribution in [0, 0.1) is 12.8 Å². The summed E-state index contributed by atoms with van der Waals surface area (Å²) in [5, 5.41) is 5.37. The number of carbonyl (C=O) groups excluding carboxylic acids is 2. The van der Waals surface area contributed by atoms with E-state index in [1.165, 1.54) is 17.5 Å². The van der Waals surface area contributed by atoms with Crippen molar-refractivity contribution >= 4 is 17.6 Å². The number of urea groups is 1. The Labute approximate surface area is 167 Å². The first-order valence-electron chi connectivity index (χ1n) is 10.0. The van der Waals surface area contributed by atoms with E-state index in [1.54, 1.807) is 0 Å². The third-order valence-corrected chi connectivity index (χ3v) is 5.36. The summed E-state index contributed by atoms with van der Waals surface area (Å²) in [4.78, 5) is 26.1. The summed E-state index contributed by atoms with van der Waals surface area (Å²) in [6.45, 7) is 3.70. The zero-order valence-electron chi connectivity index (χ0n) is 16.5. The molecule has 1 fully saturated rings. The number of para-hydroxylation sites is 1. The van der Waals surface area contributed by atoms with Gasteiger partial charge in [0, 0.05) is 18.8 Å². The number of likely N-dealkylation sites (tertiary alicyclic amines) is 1. The molecule has 2 N–H and O–H groups in total. The molecule has 0 bridgehead atoms. The molecule has 1 aliphatic heterocycles. The van der Waals surface area contributed by atoms with E-state index in [2.05, 4.69) is 41.8 Å². The van der Waals surface area contributed by atoms with E-state index in [0.717, 1.165) is 32.4 Å². The molecule has 28 heavy (non-hydrogen) atoms. The van der Waals surface area contributed by atoms with Gasteiger partial charge in [0.2, 0.25) is 5.91 Å². The summed E-state index contributed by atoms with van der Waals surface area (Å²) >= 11 is 0. The average molecular weight is 380 g/mol. The lowest BCUT2D eigenvalue weighted by Crippen LogP contribution is -2.44. The molecule has 3 rings (SSSR count). The first-order valence-corrected chi connectivity index (χ1v) is 10.0. The molecule has 1 saturated heterocycles. The van der Waals surface area contributed by atoms with Gasteiger partial charge in [-0.3, -0.25) is 4.79 Å². The van der Waals surface area contributed by atoms with Crippen LogP contribution < -0.4 is 10.6 Å². The van der Waals surface area contributed by atoms with Gasteiger partial charge >= 0.3 is 6.03 Å². The highest BCUT2D eigenvalue weighted by Crippen LogP contribution is 2.22. The van der Waals surface area contributed by atoms with Crippen LogP contribution in [0.25, 0.3) is 0 Å². The Hall–Kier alpha value is -2.82. The highest BCUT2D eigenvalue weighted by Gasteiger charge is 2.22. The van der Waals surface area contributed by atoms with Crippen molar-refractivity contribution in [3.8, 4) is 0 Å². The lowest BCUT2D eigenvalue weighted by atomic mass is 9.90. The van der Waals surface area contributed by atoms with Crippen molar-refractivity contribution in [2.24, 2.45) is 5.92 Å². The zero-order valence-corrected chi connectivity index (χ0v) is 16.5. The Balaban J connectivity index is 1.34. The van der Waals surface area contributed by atoms with Gasteiger partial charge in [0.25, 0.3) is 0 Å². The standard InChI is InChI=1S/C23H29N3O2/c1-18-7-9-19(10-8-18)11-12-20-13-15-26(16-14-20)22(27)17-24-23(28)25-21-5-3-2-4-6-21/h2-10,20H,11-17H2,1H3,(H2,24,25,28). The molecule has 0 unspecified atom stereocenters. The van der Waals surface area contributed by atoms with Crippen molar-refractivity contribution in [2.75, 3.05) is 25.0 Å². The fourth-order valence-corrected chi connectivity index (χ4v) is 3.56. The number of benzene rings is 2. The normalized spacial score (nSPS) is 14.5. The molecule has 5 heteroatoms. The van der Waals surface area contributed by atoms with Gasteiger partial charge in [-0.1, -0.05) is 48.0 Å². The number of anilines is 1. The van der Waals surface area contributed by atoms with Crippen molar-refractivity contribution in [1.82, 2.24) is 10.2 Å². The summed E-state index contributed by atoms with van der Waals surface area (Å²) in [7, 11) is 0. The highest BCUT2D eigenvalue weighted by molar-refractivity contribution is 5.92. The molecule has 5 nitrogen and oxygen atoms in total. The number of carbonyl (C=O) groups is 2. The largest absolute Gasteiger partial charge is 0.341 e. The molecule has 0 aliphatic carbocycles. The van der Waals surface area contributed by atoms with E-state index in [-0.39, 0.29) is 18.5 Å². The maximum Gasteiger partial charge on any atom is 0.319 e. The number of rotatable bonds is 6. The van der Waals surface area contributed by atoms with Crippen molar-refractivity contribution in [1.29, 1.82) is 0 Å². The molecule has 0 spiro atoms. The Morgan fingerprint density at radius 1 is 1.00 bits per heavy atom. The third-order valence-electron chi connectivity index (χ3n) is 5.36. The second kappa shape index (κ2) is 9.93. The minimum absolute atomic E-state index is 0.0137. The van der Waals surface area contributed by atoms with Crippen LogP contribution in [-0.2, 0) is 11.2 Å². The van der Waals surface area contributed by atoms with Gasteiger partial charge < -0.3 is 15.5 Å². The monoisotopic (exact) mass is 379 g/mol. The number of hydrogen-bond donors (Lipinski definition) is 2. The molecule has 0 atom stereocenters. The zero-order chi connectivity index (χ0) is 19.8. The topological polar surface area (TPSA) is 61.4 Å². The Morgan fingerprint density at radius 3 is 2.36 bits per heavy atom. The molecular formula is C23H29N3O2. The quantitative estimate of drug-likeness (QED) is 0.797. The molecule has 148 valence electrons. The van der Waals surface area contributed by atoms with Crippen LogP contribution in [0.15, 0.2) is 54.6 Å². The molecule has 2 aromatic rings. The van der Waals surface area contributed by atoms with Crippen LogP contribution in [-0.4, -0.2) is 36.5 Å². The number of aryl methyl sites for hydroxylation is 2. The second-order valence-electron chi connectivity index (χ2n) is 7.52. The van der Waals surface area contributed by atoms with Crippen LogP contribution in [0.5, 0.6) is 0 Å². The number of amides is 3. The van der Waals surface area contributed by atoms with E-state index in [0.29, 0.717) is 11.6 Å². The first kappa shape index (κ1) is 19.9. The number of nitrogens with one attached hydrogen (secondary N) is 2. The van der Waals surface area contributed by atoms with Crippen LogP contribution in [0.4, 0.5) is 10.5 Å². The van der Waals surface area contributed by atoms with Crippen LogP contribution in [0.1, 0.15) is 30.4 Å². The fourth-order valence-electron chi connectivity index (χ4n) is 3.56. The summed E-state index contributed by atoms with van der Waals surface area (Å²) in [5.74, 6) is 0.653. The highest BCUT2D eigenvalue weighted by atomic mass is 16.2. The number of piperidine rings is 1. The summed E-state index contributed by atoms with van der Waals surface area (Å²) in [6.07, 6.45) is 4.34. The smallest absolute Gasteiger partial charge is 0.319 e. The summed E-state index contributed by atoms with van der Waals surface area (Å²) in [6, 6.07) is 17.6. The predicted molar refractivity (Wildman–Crippen MR) is 112 cm³/mol. The lowest BCUT2D eigenvalue weighted by Gasteiger charge is -2.32. The number of nitrogens with zero attached hydrogens (tertiary/aromatic N) is 1. The molecule has 0 aromatic heterocycles. The van der Waals surface area contributed by atoms with Crippen LogP contribution in [0.2, 0.25) is 0 Å². The minimum Gasteiger partial charge on any atom is -0.341 e. The van der Waals surface area contributed by atoms with Crippen LogP contribution in [0.3, 0.4) is 0 Å². The van der Waals surface area contributed by atoms with E-state index >= 15 is 0 Å². The molecular weight excluding hydrogens is 350 g/mol. The molecule has 0 saturated carbocycles. The van der Waals surface area contributed by atoms with E-state index < -0.39 is 0 Å². The molecule has 2 aromatic carbocycles. The SMILES string of the molecule is Cc1ccc(CCC2CCN(C(=O)CNC(=O)Nc3ccccc3)CC2)cc1. The predicted octanol–water partition coefficient (Wildman–Crippen LogP) is 3.99. The maximum absolute atomic E-state index is 12.4. The Morgan fingerprint density at radius 2 is 1.68 bits per heavy atom. The average Bonchev–Trinajstić information content (AvgIpc) is 2.73. The Kier molecular flexibility index (Phi) is 7.06. The lowest BCUT2D eigenvalue weighted by molar-refractivity contribution is -0.131. The molecule has 1 heterocycles.